The Morgan fingerprint density at radius 1 is 1.48 bits per heavy atom. The van der Waals surface area contributed by atoms with Gasteiger partial charge in [0.05, 0.1) is 29.0 Å². The summed E-state index contributed by atoms with van der Waals surface area (Å²) >= 11 is 2.87. The molecule has 138 valence electrons. The van der Waals surface area contributed by atoms with E-state index in [0.29, 0.717) is 22.3 Å². The van der Waals surface area contributed by atoms with E-state index < -0.39 is 0 Å². The van der Waals surface area contributed by atoms with Gasteiger partial charge in [-0.3, -0.25) is 4.79 Å². The van der Waals surface area contributed by atoms with Crippen molar-refractivity contribution in [1.29, 1.82) is 5.26 Å². The number of imidazole rings is 1. The van der Waals surface area contributed by atoms with Crippen LogP contribution in [0.25, 0.3) is 11.0 Å². The number of ether oxygens (including phenoxy) is 1. The second-order valence-electron chi connectivity index (χ2n) is 6.16. The molecule has 0 radical (unpaired) electrons. The molecule has 6 nitrogen and oxygen atoms in total. The van der Waals surface area contributed by atoms with Gasteiger partial charge in [0.15, 0.2) is 5.16 Å². The van der Waals surface area contributed by atoms with Gasteiger partial charge in [0, 0.05) is 10.9 Å². The largest absolute Gasteiger partial charge is 0.494 e. The summed E-state index contributed by atoms with van der Waals surface area (Å²) < 4.78 is 5.49. The summed E-state index contributed by atoms with van der Waals surface area (Å²) in [7, 11) is 0. The lowest BCUT2D eigenvalue weighted by Gasteiger charge is -2.03. The molecule has 1 aliphatic carbocycles. The van der Waals surface area contributed by atoms with Crippen molar-refractivity contribution in [3.8, 4) is 11.8 Å². The van der Waals surface area contributed by atoms with Crippen molar-refractivity contribution in [3.63, 3.8) is 0 Å². The number of hydrogen-bond acceptors (Lipinski definition) is 6. The van der Waals surface area contributed by atoms with Gasteiger partial charge in [0.1, 0.15) is 16.8 Å². The van der Waals surface area contributed by atoms with Crippen LogP contribution in [0.15, 0.2) is 23.4 Å². The van der Waals surface area contributed by atoms with Crippen molar-refractivity contribution in [3.05, 3.63) is 34.2 Å². The molecule has 0 bridgehead atoms. The number of amides is 1. The van der Waals surface area contributed by atoms with Crippen molar-refractivity contribution >= 4 is 45.0 Å². The second-order valence-corrected chi connectivity index (χ2v) is 8.23. The third-order valence-corrected chi connectivity index (χ3v) is 6.45. The maximum absolute atomic E-state index is 12.3. The van der Waals surface area contributed by atoms with Gasteiger partial charge < -0.3 is 15.0 Å². The molecule has 4 rings (SSSR count). The Balaban J connectivity index is 1.41. The lowest BCUT2D eigenvalue weighted by atomic mass is 10.1. The quantitative estimate of drug-likeness (QED) is 0.610. The monoisotopic (exact) mass is 398 g/mol. The van der Waals surface area contributed by atoms with E-state index in [-0.39, 0.29) is 11.7 Å². The van der Waals surface area contributed by atoms with E-state index in [4.69, 9.17) is 4.74 Å². The van der Waals surface area contributed by atoms with Crippen molar-refractivity contribution in [2.75, 3.05) is 17.7 Å². The number of fused-ring (bicyclic) bond motifs is 2. The molecule has 8 heteroatoms. The van der Waals surface area contributed by atoms with Crippen LogP contribution in [-0.2, 0) is 17.6 Å². The zero-order valence-corrected chi connectivity index (χ0v) is 16.4. The molecule has 1 aromatic carbocycles. The molecule has 2 N–H and O–H groups in total. The predicted octanol–water partition coefficient (Wildman–Crippen LogP) is 4.11. The molecule has 1 aliphatic rings. The zero-order chi connectivity index (χ0) is 18.8. The Hall–Kier alpha value is -2.50. The van der Waals surface area contributed by atoms with Crippen LogP contribution in [0.5, 0.6) is 5.75 Å². The number of thioether (sulfide) groups is 1. The average molecular weight is 399 g/mol. The van der Waals surface area contributed by atoms with Crippen LogP contribution < -0.4 is 10.1 Å². The third-order valence-electron chi connectivity index (χ3n) is 4.37. The van der Waals surface area contributed by atoms with Crippen molar-refractivity contribution in [1.82, 2.24) is 9.97 Å². The third kappa shape index (κ3) is 3.66. The maximum Gasteiger partial charge on any atom is 0.235 e. The number of aryl methyl sites for hydroxylation is 1. The SMILES string of the molecule is CCOc1ccc2nc(SCC(=O)Nc3sc4c(c3C#N)CCC4)[nH]c2c1. The standard InChI is InChI=1S/C19H18N4O2S2/c1-2-25-11-6-7-14-15(8-11)22-19(21-14)26-10-17(24)23-18-13(9-20)12-4-3-5-16(12)27-18/h6-8H,2-5,10H2,1H3,(H,21,22)(H,23,24). The van der Waals surface area contributed by atoms with E-state index in [0.717, 1.165) is 41.6 Å². The number of H-pyrrole nitrogens is 1. The molecule has 3 aromatic rings. The minimum atomic E-state index is -0.133. The topological polar surface area (TPSA) is 90.8 Å². The molecule has 0 saturated carbocycles. The van der Waals surface area contributed by atoms with Gasteiger partial charge in [-0.15, -0.1) is 11.3 Å². The number of nitrogens with one attached hydrogen (secondary N) is 2. The van der Waals surface area contributed by atoms with Crippen LogP contribution in [0.1, 0.15) is 29.3 Å². The summed E-state index contributed by atoms with van der Waals surface area (Å²) in [6.07, 6.45) is 3.03. The Morgan fingerprint density at radius 3 is 3.19 bits per heavy atom. The van der Waals surface area contributed by atoms with Gasteiger partial charge in [0.25, 0.3) is 0 Å². The first-order valence-corrected chi connectivity index (χ1v) is 10.6. The zero-order valence-electron chi connectivity index (χ0n) is 14.8. The van der Waals surface area contributed by atoms with Gasteiger partial charge in [-0.2, -0.15) is 5.26 Å². The average Bonchev–Trinajstić information content (AvgIpc) is 3.33. The van der Waals surface area contributed by atoms with Gasteiger partial charge >= 0.3 is 0 Å². The molecular weight excluding hydrogens is 380 g/mol. The highest BCUT2D eigenvalue weighted by Crippen LogP contribution is 2.38. The van der Waals surface area contributed by atoms with Crippen LogP contribution in [0.3, 0.4) is 0 Å². The summed E-state index contributed by atoms with van der Waals surface area (Å²) in [5.74, 6) is 0.885. The van der Waals surface area contributed by atoms with E-state index in [2.05, 4.69) is 21.4 Å². The number of benzene rings is 1. The predicted molar refractivity (Wildman–Crippen MR) is 108 cm³/mol. The molecule has 0 spiro atoms. The van der Waals surface area contributed by atoms with Gasteiger partial charge in [0.2, 0.25) is 5.91 Å². The van der Waals surface area contributed by atoms with Crippen LogP contribution in [0, 0.1) is 11.3 Å². The molecule has 1 amide bonds. The molecule has 2 aromatic heterocycles. The van der Waals surface area contributed by atoms with Gasteiger partial charge in [-0.05, 0) is 43.9 Å². The van der Waals surface area contributed by atoms with Gasteiger partial charge in [-0.25, -0.2) is 4.98 Å². The molecular formula is C19H18N4O2S2. The number of nitrogens with zero attached hydrogens (tertiary/aromatic N) is 2. The minimum absolute atomic E-state index is 0.133. The van der Waals surface area contributed by atoms with Crippen molar-refractivity contribution < 1.29 is 9.53 Å². The number of anilines is 1. The lowest BCUT2D eigenvalue weighted by molar-refractivity contribution is -0.113. The summed E-state index contributed by atoms with van der Waals surface area (Å²) in [4.78, 5) is 21.3. The molecule has 0 atom stereocenters. The van der Waals surface area contributed by atoms with E-state index in [1.165, 1.54) is 28.0 Å². The maximum atomic E-state index is 12.3. The summed E-state index contributed by atoms with van der Waals surface area (Å²) in [5.41, 5.74) is 3.47. The summed E-state index contributed by atoms with van der Waals surface area (Å²) in [6.45, 7) is 2.55. The Morgan fingerprint density at radius 2 is 2.37 bits per heavy atom. The summed E-state index contributed by atoms with van der Waals surface area (Å²) in [6, 6.07) is 7.93. The van der Waals surface area contributed by atoms with E-state index in [1.807, 2.05) is 25.1 Å². The first-order chi connectivity index (χ1) is 13.2. The lowest BCUT2D eigenvalue weighted by Crippen LogP contribution is -2.14. The van der Waals surface area contributed by atoms with E-state index in [9.17, 15) is 10.1 Å². The number of rotatable bonds is 6. The fourth-order valence-corrected chi connectivity index (χ4v) is 5.14. The summed E-state index contributed by atoms with van der Waals surface area (Å²) in [5, 5.41) is 13.7. The fraction of sp³-hybridized carbons (Fsp3) is 0.316. The molecule has 0 unspecified atom stereocenters. The molecule has 0 aliphatic heterocycles. The highest BCUT2D eigenvalue weighted by Gasteiger charge is 2.23. The first-order valence-electron chi connectivity index (χ1n) is 8.77. The molecule has 27 heavy (non-hydrogen) atoms. The van der Waals surface area contributed by atoms with Crippen LogP contribution in [-0.4, -0.2) is 28.2 Å². The highest BCUT2D eigenvalue weighted by molar-refractivity contribution is 7.99. The van der Waals surface area contributed by atoms with Crippen LogP contribution in [0.2, 0.25) is 0 Å². The number of aromatic amines is 1. The smallest absolute Gasteiger partial charge is 0.235 e. The fourth-order valence-electron chi connectivity index (χ4n) is 3.20. The van der Waals surface area contributed by atoms with Crippen molar-refractivity contribution in [2.45, 2.75) is 31.3 Å². The van der Waals surface area contributed by atoms with Crippen molar-refractivity contribution in [2.24, 2.45) is 0 Å². The Kier molecular flexibility index (Phi) is 5.05. The van der Waals surface area contributed by atoms with Gasteiger partial charge in [-0.1, -0.05) is 11.8 Å². The van der Waals surface area contributed by atoms with Crippen LogP contribution in [0.4, 0.5) is 5.00 Å². The van der Waals surface area contributed by atoms with E-state index in [1.54, 1.807) is 0 Å². The minimum Gasteiger partial charge on any atom is -0.494 e. The number of nitriles is 1. The number of carbonyl (C=O) groups is 1. The number of hydrogen-bond donors (Lipinski definition) is 2. The first kappa shape index (κ1) is 17.9. The number of thiophene rings is 1. The van der Waals surface area contributed by atoms with E-state index >= 15 is 0 Å². The Labute approximate surface area is 164 Å². The highest BCUT2D eigenvalue weighted by atomic mass is 32.2. The number of carbonyl (C=O) groups excluding carboxylic acids is 1. The Bertz CT molecular complexity index is 1050. The normalized spacial score (nSPS) is 12.7. The second kappa shape index (κ2) is 7.62. The molecule has 2 heterocycles. The molecule has 0 fully saturated rings. The number of aromatic nitrogens is 2. The van der Waals surface area contributed by atoms with Crippen LogP contribution >= 0.6 is 23.1 Å². The molecule has 0 saturated heterocycles.